The van der Waals surface area contributed by atoms with Crippen LogP contribution in [0, 0.1) is 13.8 Å². The molecule has 0 saturated heterocycles. The smallest absolute Gasteiger partial charge is 0.256 e. The number of carbonyl (C=O) groups excluding carboxylic acids is 1. The molecule has 3 aromatic rings. The van der Waals surface area contributed by atoms with Gasteiger partial charge in [0.1, 0.15) is 5.75 Å². The van der Waals surface area contributed by atoms with Gasteiger partial charge in [0.2, 0.25) is 0 Å². The highest BCUT2D eigenvalue weighted by atomic mass is 16.5. The van der Waals surface area contributed by atoms with E-state index in [0.29, 0.717) is 19.1 Å². The number of aromatic nitrogens is 2. The number of nitrogens with zero attached hydrogens (tertiary/aromatic N) is 3. The molecule has 2 heterocycles. The summed E-state index contributed by atoms with van der Waals surface area (Å²) in [5, 5.41) is 0. The Morgan fingerprint density at radius 2 is 1.93 bits per heavy atom. The fraction of sp³-hybridized carbons (Fsp3) is 0.333. The summed E-state index contributed by atoms with van der Waals surface area (Å²) in [4.78, 5) is 19.9. The first-order valence-corrected chi connectivity index (χ1v) is 10.1. The third-order valence-corrected chi connectivity index (χ3v) is 5.61. The van der Waals surface area contributed by atoms with Gasteiger partial charge in [0.05, 0.1) is 24.9 Å². The molecule has 0 aliphatic heterocycles. The predicted octanol–water partition coefficient (Wildman–Crippen LogP) is 4.36. The quantitative estimate of drug-likeness (QED) is 0.603. The van der Waals surface area contributed by atoms with E-state index < -0.39 is 0 Å². The van der Waals surface area contributed by atoms with Crippen molar-refractivity contribution in [1.82, 2.24) is 14.5 Å². The average Bonchev–Trinajstić information content (AvgIpc) is 3.55. The van der Waals surface area contributed by atoms with Gasteiger partial charge in [-0.05, 0) is 62.6 Å². The van der Waals surface area contributed by atoms with Gasteiger partial charge in [-0.2, -0.15) is 0 Å². The van der Waals surface area contributed by atoms with Gasteiger partial charge in [-0.1, -0.05) is 18.2 Å². The molecule has 1 aliphatic carbocycles. The molecule has 0 spiro atoms. The molecule has 0 unspecified atom stereocenters. The summed E-state index contributed by atoms with van der Waals surface area (Å²) in [6.07, 6.45) is 3.96. The lowest BCUT2D eigenvalue weighted by atomic mass is 10.1. The third-order valence-electron chi connectivity index (χ3n) is 5.61. The van der Waals surface area contributed by atoms with Crippen molar-refractivity contribution in [2.24, 2.45) is 0 Å². The Bertz CT molecular complexity index is 989. The van der Waals surface area contributed by atoms with Gasteiger partial charge in [0, 0.05) is 30.2 Å². The standard InChI is InChI=1S/C24H27N3O2/c1-17-14-23(18(2)26(17)16-20-6-4-5-13-25-20)24(28)27(21-9-10-21)15-19-7-11-22(29-3)12-8-19/h4-8,11-14,21H,9-10,15-16H2,1-3H3. The van der Waals surface area contributed by atoms with E-state index in [2.05, 4.69) is 16.5 Å². The first-order valence-electron chi connectivity index (χ1n) is 10.1. The normalized spacial score (nSPS) is 13.3. The van der Waals surface area contributed by atoms with Crippen molar-refractivity contribution >= 4 is 5.91 Å². The molecule has 1 fully saturated rings. The predicted molar refractivity (Wildman–Crippen MR) is 113 cm³/mol. The van der Waals surface area contributed by atoms with Crippen molar-refractivity contribution in [3.05, 3.63) is 82.9 Å². The minimum absolute atomic E-state index is 0.115. The number of carbonyl (C=O) groups is 1. The number of ether oxygens (including phenoxy) is 1. The van der Waals surface area contributed by atoms with Gasteiger partial charge >= 0.3 is 0 Å². The number of benzene rings is 1. The van der Waals surface area contributed by atoms with Crippen LogP contribution in [0.4, 0.5) is 0 Å². The molecule has 1 saturated carbocycles. The first-order chi connectivity index (χ1) is 14.1. The second-order valence-corrected chi connectivity index (χ2v) is 7.70. The van der Waals surface area contributed by atoms with Crippen molar-refractivity contribution < 1.29 is 9.53 Å². The van der Waals surface area contributed by atoms with Crippen LogP contribution in [0.3, 0.4) is 0 Å². The van der Waals surface area contributed by atoms with Crippen molar-refractivity contribution in [1.29, 1.82) is 0 Å². The Kier molecular flexibility index (Phi) is 5.38. The van der Waals surface area contributed by atoms with Crippen molar-refractivity contribution in [2.75, 3.05) is 7.11 Å². The maximum Gasteiger partial charge on any atom is 0.256 e. The first kappa shape index (κ1) is 19.2. The zero-order chi connectivity index (χ0) is 20.4. The van der Waals surface area contributed by atoms with Crippen LogP contribution in [0.15, 0.2) is 54.7 Å². The van der Waals surface area contributed by atoms with Crippen LogP contribution >= 0.6 is 0 Å². The Labute approximate surface area is 171 Å². The molecule has 0 N–H and O–H groups in total. The summed E-state index contributed by atoms with van der Waals surface area (Å²) in [6.45, 7) is 5.38. The SMILES string of the molecule is COc1ccc(CN(C(=O)c2cc(C)n(Cc3ccccn3)c2C)C2CC2)cc1. The summed E-state index contributed by atoms with van der Waals surface area (Å²) in [7, 11) is 1.66. The number of hydrogen-bond acceptors (Lipinski definition) is 3. The van der Waals surface area contributed by atoms with Gasteiger partial charge in [0.25, 0.3) is 5.91 Å². The summed E-state index contributed by atoms with van der Waals surface area (Å²) in [6, 6.07) is 16.2. The molecule has 0 radical (unpaired) electrons. The summed E-state index contributed by atoms with van der Waals surface area (Å²) >= 11 is 0. The molecule has 29 heavy (non-hydrogen) atoms. The molecule has 0 bridgehead atoms. The summed E-state index contributed by atoms with van der Waals surface area (Å²) < 4.78 is 7.42. The minimum Gasteiger partial charge on any atom is -0.497 e. The Balaban J connectivity index is 1.57. The lowest BCUT2D eigenvalue weighted by Gasteiger charge is -2.23. The van der Waals surface area contributed by atoms with Crippen LogP contribution in [-0.4, -0.2) is 33.5 Å². The number of amides is 1. The Hall–Kier alpha value is -3.08. The molecular formula is C24H27N3O2. The highest BCUT2D eigenvalue weighted by Crippen LogP contribution is 2.31. The van der Waals surface area contributed by atoms with Crippen molar-refractivity contribution in [3.63, 3.8) is 0 Å². The largest absolute Gasteiger partial charge is 0.497 e. The van der Waals surface area contributed by atoms with Crippen molar-refractivity contribution in [3.8, 4) is 5.75 Å². The van der Waals surface area contributed by atoms with Crippen LogP contribution < -0.4 is 4.74 Å². The van der Waals surface area contributed by atoms with Gasteiger partial charge < -0.3 is 14.2 Å². The molecule has 4 rings (SSSR count). The Morgan fingerprint density at radius 3 is 2.55 bits per heavy atom. The topological polar surface area (TPSA) is 47.4 Å². The summed E-state index contributed by atoms with van der Waals surface area (Å²) in [5.41, 5.74) is 4.98. The molecule has 0 atom stereocenters. The maximum atomic E-state index is 13.5. The van der Waals surface area contributed by atoms with Crippen LogP contribution in [0.1, 0.15) is 45.8 Å². The van der Waals surface area contributed by atoms with Crippen LogP contribution in [0.25, 0.3) is 0 Å². The van der Waals surface area contributed by atoms with E-state index in [1.165, 1.54) is 0 Å². The fourth-order valence-electron chi connectivity index (χ4n) is 3.75. The zero-order valence-corrected chi connectivity index (χ0v) is 17.3. The van der Waals surface area contributed by atoms with E-state index in [4.69, 9.17) is 4.74 Å². The second kappa shape index (κ2) is 8.11. The molecular weight excluding hydrogens is 362 g/mol. The van der Waals surface area contributed by atoms with Crippen LogP contribution in [0.5, 0.6) is 5.75 Å². The lowest BCUT2D eigenvalue weighted by molar-refractivity contribution is 0.0729. The zero-order valence-electron chi connectivity index (χ0n) is 17.3. The maximum absolute atomic E-state index is 13.5. The van der Waals surface area contributed by atoms with Crippen LogP contribution in [-0.2, 0) is 13.1 Å². The van der Waals surface area contributed by atoms with Gasteiger partial charge in [-0.25, -0.2) is 0 Å². The number of methoxy groups -OCH3 is 1. The number of pyridine rings is 1. The number of hydrogen-bond donors (Lipinski definition) is 0. The van der Waals surface area contributed by atoms with Gasteiger partial charge in [-0.15, -0.1) is 0 Å². The molecule has 5 heteroatoms. The lowest BCUT2D eigenvalue weighted by Crippen LogP contribution is -2.33. The Morgan fingerprint density at radius 1 is 1.17 bits per heavy atom. The van der Waals surface area contributed by atoms with E-state index in [1.807, 2.05) is 60.4 Å². The van der Waals surface area contributed by atoms with E-state index in [1.54, 1.807) is 13.3 Å². The van der Waals surface area contributed by atoms with Crippen LogP contribution in [0.2, 0.25) is 0 Å². The highest BCUT2D eigenvalue weighted by Gasteiger charge is 2.34. The molecule has 1 aliphatic rings. The monoisotopic (exact) mass is 389 g/mol. The number of aryl methyl sites for hydroxylation is 1. The van der Waals surface area contributed by atoms with E-state index >= 15 is 0 Å². The van der Waals surface area contributed by atoms with Crippen molar-refractivity contribution in [2.45, 2.75) is 45.8 Å². The minimum atomic E-state index is 0.115. The molecule has 1 amide bonds. The molecule has 1 aromatic carbocycles. The highest BCUT2D eigenvalue weighted by molar-refractivity contribution is 5.96. The average molecular weight is 389 g/mol. The van der Waals surface area contributed by atoms with Gasteiger partial charge in [0.15, 0.2) is 0 Å². The molecule has 150 valence electrons. The number of rotatable bonds is 7. The molecule has 5 nitrogen and oxygen atoms in total. The van der Waals surface area contributed by atoms with E-state index in [-0.39, 0.29) is 5.91 Å². The third kappa shape index (κ3) is 4.19. The fourth-order valence-corrected chi connectivity index (χ4v) is 3.75. The van der Waals surface area contributed by atoms with Gasteiger partial charge in [-0.3, -0.25) is 9.78 Å². The van der Waals surface area contributed by atoms with E-state index in [0.717, 1.165) is 46.8 Å². The second-order valence-electron chi connectivity index (χ2n) is 7.70. The van der Waals surface area contributed by atoms with E-state index in [9.17, 15) is 4.79 Å². The molecule has 2 aromatic heterocycles. The summed E-state index contributed by atoms with van der Waals surface area (Å²) in [5.74, 6) is 0.944.